The molecule has 0 saturated carbocycles. The zero-order chi connectivity index (χ0) is 44.1. The Labute approximate surface area is 390 Å². The summed E-state index contributed by atoms with van der Waals surface area (Å²) in [5, 5.41) is 2.64. The van der Waals surface area contributed by atoms with Crippen molar-refractivity contribution in [2.45, 2.75) is 6.42 Å². The summed E-state index contributed by atoms with van der Waals surface area (Å²) >= 11 is 17.9. The lowest BCUT2D eigenvalue weighted by molar-refractivity contribution is 0.947. The van der Waals surface area contributed by atoms with Crippen LogP contribution in [0.4, 0.5) is 0 Å². The van der Waals surface area contributed by atoms with Crippen molar-refractivity contribution in [1.82, 2.24) is 34.5 Å². The number of rotatable bonds is 5. The molecule has 0 bridgehead atoms. The molecule has 1 aliphatic carbocycles. The molecule has 11 aromatic rings. The van der Waals surface area contributed by atoms with Crippen LogP contribution >= 0.6 is 34.8 Å². The van der Waals surface area contributed by atoms with Crippen LogP contribution < -0.4 is 0 Å². The number of fused-ring (bicyclic) bond motifs is 6. The number of hydrogen-bond acceptors (Lipinski definition) is 6. The van der Waals surface area contributed by atoms with Crippen molar-refractivity contribution >= 4 is 56.6 Å². The molecular weight excluding hydrogens is 865 g/mol. The van der Waals surface area contributed by atoms with Crippen LogP contribution in [-0.2, 0) is 6.42 Å². The van der Waals surface area contributed by atoms with Gasteiger partial charge in [-0.05, 0) is 97.9 Å². The molecular formula is C55H36Cl3N7. The van der Waals surface area contributed by atoms with Crippen molar-refractivity contribution in [3.63, 3.8) is 0 Å². The number of aromatic nitrogens is 7. The average molecular weight is 901 g/mol. The van der Waals surface area contributed by atoms with Gasteiger partial charge in [-0.25, -0.2) is 0 Å². The normalized spacial score (nSPS) is 11.2. The smallest absolute Gasteiger partial charge is 0.239 e. The van der Waals surface area contributed by atoms with E-state index in [4.69, 9.17) is 39.8 Å². The lowest BCUT2D eigenvalue weighted by Crippen LogP contribution is -2.04. The number of halogens is 3. The third kappa shape index (κ3) is 8.99. The van der Waals surface area contributed by atoms with Crippen LogP contribution in [0.3, 0.4) is 0 Å². The summed E-state index contributed by atoms with van der Waals surface area (Å²) in [5.74, 6) is 1.51. The predicted octanol–water partition coefficient (Wildman–Crippen LogP) is 14.7. The molecule has 0 N–H and O–H groups in total. The zero-order valence-corrected chi connectivity index (χ0v) is 36.9. The highest BCUT2D eigenvalue weighted by Crippen LogP contribution is 2.36. The van der Waals surface area contributed by atoms with Gasteiger partial charge in [-0.1, -0.05) is 194 Å². The summed E-state index contributed by atoms with van der Waals surface area (Å²) in [4.78, 5) is 25.5. The Bertz CT molecular complexity index is 3320. The maximum Gasteiger partial charge on any atom is 0.239 e. The van der Waals surface area contributed by atoms with Crippen molar-refractivity contribution in [3.8, 4) is 62.1 Å². The Hall–Kier alpha value is -7.55. The van der Waals surface area contributed by atoms with E-state index < -0.39 is 0 Å². The standard InChI is InChI=1S/C27H17ClN4.C15H9Cl2N3.C13H10/c28-26-29-25(20-16-14-19(15-17-20)18-8-2-1-3-9-18)30-27(31-26)32-23-12-6-4-10-21(23)22-11-5-7-13-24(22)32;16-14-18-13(19-15(17)20-14)12-8-6-11(7-9-12)10-4-2-1-3-5-10;1-3-7-12-10(5-1)9-11-6-2-4-8-13(11)12/h1-17H;1-9H;1-8H,9H2. The van der Waals surface area contributed by atoms with Crippen LogP contribution in [-0.4, -0.2) is 34.5 Å². The molecule has 0 unspecified atom stereocenters. The van der Waals surface area contributed by atoms with E-state index in [0.717, 1.165) is 56.0 Å². The summed E-state index contributed by atoms with van der Waals surface area (Å²) in [5.41, 5.74) is 14.1. The molecule has 312 valence electrons. The van der Waals surface area contributed by atoms with E-state index in [2.05, 4.69) is 134 Å². The fourth-order valence-corrected chi connectivity index (χ4v) is 8.65. The van der Waals surface area contributed by atoms with Gasteiger partial charge in [-0.15, -0.1) is 0 Å². The molecule has 10 heteroatoms. The number of hydrogen-bond donors (Lipinski definition) is 0. The molecule has 3 heterocycles. The number of benzene rings is 8. The third-order valence-electron chi connectivity index (χ3n) is 11.2. The van der Waals surface area contributed by atoms with Crippen molar-refractivity contribution < 1.29 is 0 Å². The monoisotopic (exact) mass is 899 g/mol. The minimum absolute atomic E-state index is 0.0899. The molecule has 12 rings (SSSR count). The second kappa shape index (κ2) is 18.7. The van der Waals surface area contributed by atoms with E-state index in [1.54, 1.807) is 0 Å². The van der Waals surface area contributed by atoms with Crippen molar-refractivity contribution in [2.75, 3.05) is 0 Å². The van der Waals surface area contributed by atoms with Crippen LogP contribution in [0, 0.1) is 0 Å². The Morgan fingerprint density at radius 1 is 0.308 bits per heavy atom. The molecule has 0 aliphatic heterocycles. The first-order valence-corrected chi connectivity index (χ1v) is 22.0. The molecule has 3 aromatic heterocycles. The van der Waals surface area contributed by atoms with E-state index in [0.29, 0.717) is 17.6 Å². The van der Waals surface area contributed by atoms with Gasteiger partial charge in [0.15, 0.2) is 11.6 Å². The van der Waals surface area contributed by atoms with Gasteiger partial charge >= 0.3 is 0 Å². The van der Waals surface area contributed by atoms with Crippen molar-refractivity contribution in [2.24, 2.45) is 0 Å². The molecule has 8 aromatic carbocycles. The highest BCUT2D eigenvalue weighted by atomic mass is 35.5. The second-order valence-corrected chi connectivity index (χ2v) is 16.2. The number of para-hydroxylation sites is 2. The largest absolute Gasteiger partial charge is 0.278 e. The van der Waals surface area contributed by atoms with Gasteiger partial charge < -0.3 is 0 Å². The Morgan fingerprint density at radius 2 is 0.662 bits per heavy atom. The molecule has 65 heavy (non-hydrogen) atoms. The Morgan fingerprint density at radius 3 is 1.14 bits per heavy atom. The van der Waals surface area contributed by atoms with Gasteiger partial charge in [0.25, 0.3) is 0 Å². The lowest BCUT2D eigenvalue weighted by atomic mass is 10.0. The quantitative estimate of drug-likeness (QED) is 0.171. The Kier molecular flexibility index (Phi) is 11.9. The summed E-state index contributed by atoms with van der Waals surface area (Å²) < 4.78 is 2.04. The van der Waals surface area contributed by atoms with Gasteiger partial charge in [0.1, 0.15) is 0 Å². The topological polar surface area (TPSA) is 82.3 Å². The summed E-state index contributed by atoms with van der Waals surface area (Å²) in [7, 11) is 0. The van der Waals surface area contributed by atoms with Gasteiger partial charge in [-0.2, -0.15) is 29.9 Å². The van der Waals surface area contributed by atoms with Crippen LogP contribution in [0.2, 0.25) is 15.9 Å². The Balaban J connectivity index is 0.000000128. The highest BCUT2D eigenvalue weighted by Gasteiger charge is 2.17. The maximum absolute atomic E-state index is 6.37. The van der Waals surface area contributed by atoms with Crippen molar-refractivity contribution in [3.05, 3.63) is 233 Å². The highest BCUT2D eigenvalue weighted by molar-refractivity contribution is 6.31. The molecule has 0 amide bonds. The van der Waals surface area contributed by atoms with E-state index in [-0.39, 0.29) is 15.9 Å². The van der Waals surface area contributed by atoms with E-state index in [1.807, 2.05) is 102 Å². The molecule has 0 saturated heterocycles. The first kappa shape index (κ1) is 41.5. The fraction of sp³-hybridized carbons (Fsp3) is 0.0182. The predicted molar refractivity (Wildman–Crippen MR) is 265 cm³/mol. The lowest BCUT2D eigenvalue weighted by Gasteiger charge is -2.09. The van der Waals surface area contributed by atoms with E-state index in [9.17, 15) is 0 Å². The average Bonchev–Trinajstić information content (AvgIpc) is 3.91. The van der Waals surface area contributed by atoms with Crippen LogP contribution in [0.15, 0.2) is 206 Å². The van der Waals surface area contributed by atoms with Gasteiger partial charge in [-0.3, -0.25) is 4.57 Å². The van der Waals surface area contributed by atoms with Gasteiger partial charge in [0, 0.05) is 21.9 Å². The summed E-state index contributed by atoms with van der Waals surface area (Å²) in [6, 6.07) is 70.3. The minimum atomic E-state index is 0.0899. The maximum atomic E-state index is 6.37. The molecule has 0 spiro atoms. The van der Waals surface area contributed by atoms with Gasteiger partial charge in [0.2, 0.25) is 21.8 Å². The summed E-state index contributed by atoms with van der Waals surface area (Å²) in [6.07, 6.45) is 1.10. The molecule has 0 fully saturated rings. The zero-order valence-electron chi connectivity index (χ0n) is 34.6. The first-order chi connectivity index (χ1) is 31.9. The van der Waals surface area contributed by atoms with Crippen LogP contribution in [0.25, 0.3) is 83.9 Å². The molecule has 7 nitrogen and oxygen atoms in total. The van der Waals surface area contributed by atoms with E-state index >= 15 is 0 Å². The summed E-state index contributed by atoms with van der Waals surface area (Å²) in [6.45, 7) is 0. The van der Waals surface area contributed by atoms with Crippen LogP contribution in [0.1, 0.15) is 11.1 Å². The molecule has 1 aliphatic rings. The SMILES string of the molecule is Clc1nc(-c2ccc(-c3ccccc3)cc2)nc(-n2c3ccccc3c3ccccc32)n1.Clc1nc(Cl)nc(-c2ccc(-c3ccccc3)cc2)n1.c1ccc2c(c1)Cc1ccccc1-2. The fourth-order valence-electron chi connectivity index (χ4n) is 8.13. The third-order valence-corrected chi connectivity index (χ3v) is 11.7. The van der Waals surface area contributed by atoms with Crippen molar-refractivity contribution in [1.29, 1.82) is 0 Å². The molecule has 0 radical (unpaired) electrons. The molecule has 0 atom stereocenters. The minimum Gasteiger partial charge on any atom is -0.278 e. The number of nitrogens with zero attached hydrogens (tertiary/aromatic N) is 7. The second-order valence-electron chi connectivity index (χ2n) is 15.2. The first-order valence-electron chi connectivity index (χ1n) is 20.9. The van der Waals surface area contributed by atoms with Crippen LogP contribution in [0.5, 0.6) is 0 Å². The van der Waals surface area contributed by atoms with Gasteiger partial charge in [0.05, 0.1) is 11.0 Å². The van der Waals surface area contributed by atoms with E-state index in [1.165, 1.54) is 27.8 Å².